The number of ether oxygens (including phenoxy) is 2. The van der Waals surface area contributed by atoms with Crippen molar-refractivity contribution in [2.75, 3.05) is 33.6 Å². The Labute approximate surface area is 165 Å². The van der Waals surface area contributed by atoms with Gasteiger partial charge in [0.2, 0.25) is 0 Å². The van der Waals surface area contributed by atoms with Gasteiger partial charge in [0.15, 0.2) is 5.16 Å². The summed E-state index contributed by atoms with van der Waals surface area (Å²) in [6.45, 7) is 3.27. The van der Waals surface area contributed by atoms with Crippen molar-refractivity contribution in [2.45, 2.75) is 37.2 Å². The zero-order valence-corrected chi connectivity index (χ0v) is 17.1. The molecule has 0 amide bonds. The highest BCUT2D eigenvalue weighted by molar-refractivity contribution is 7.98. The van der Waals surface area contributed by atoms with E-state index in [2.05, 4.69) is 44.9 Å². The van der Waals surface area contributed by atoms with E-state index in [9.17, 15) is 0 Å². The van der Waals surface area contributed by atoms with Crippen LogP contribution >= 0.6 is 11.8 Å². The number of para-hydroxylation sites is 1. The van der Waals surface area contributed by atoms with E-state index in [1.807, 2.05) is 24.5 Å². The molecule has 1 fully saturated rings. The molecule has 1 aliphatic heterocycles. The van der Waals surface area contributed by atoms with Crippen LogP contribution in [0.4, 0.5) is 0 Å². The van der Waals surface area contributed by atoms with Crippen LogP contribution in [0.15, 0.2) is 35.5 Å². The van der Waals surface area contributed by atoms with Gasteiger partial charge in [0.05, 0.1) is 26.3 Å². The van der Waals surface area contributed by atoms with Crippen LogP contribution in [0, 0.1) is 0 Å². The molecule has 2 heterocycles. The van der Waals surface area contributed by atoms with Gasteiger partial charge in [-0.15, -0.1) is 10.2 Å². The van der Waals surface area contributed by atoms with Crippen LogP contribution in [0.25, 0.3) is 6.08 Å². The molecular formula is C20H28N4O2S. The highest BCUT2D eigenvalue weighted by atomic mass is 32.2. The maximum Gasteiger partial charge on any atom is 0.191 e. The van der Waals surface area contributed by atoms with Crippen LogP contribution in [0.3, 0.4) is 0 Å². The minimum atomic E-state index is 0.279. The third-order valence-electron chi connectivity index (χ3n) is 4.65. The molecule has 27 heavy (non-hydrogen) atoms. The van der Waals surface area contributed by atoms with Crippen molar-refractivity contribution in [3.05, 3.63) is 41.7 Å². The summed E-state index contributed by atoms with van der Waals surface area (Å²) in [4.78, 5) is 2.23. The summed E-state index contributed by atoms with van der Waals surface area (Å²) in [5.41, 5.74) is 1.08. The van der Waals surface area contributed by atoms with E-state index in [0.29, 0.717) is 0 Å². The van der Waals surface area contributed by atoms with Gasteiger partial charge in [0, 0.05) is 18.7 Å². The molecule has 1 saturated heterocycles. The quantitative estimate of drug-likeness (QED) is 0.614. The molecule has 146 valence electrons. The lowest BCUT2D eigenvalue weighted by Gasteiger charge is -2.17. The molecule has 6 nitrogen and oxygen atoms in total. The van der Waals surface area contributed by atoms with Gasteiger partial charge >= 0.3 is 0 Å². The van der Waals surface area contributed by atoms with Crippen LogP contribution in [0.5, 0.6) is 5.75 Å². The van der Waals surface area contributed by atoms with Crippen LogP contribution in [0.2, 0.25) is 0 Å². The van der Waals surface area contributed by atoms with Gasteiger partial charge in [-0.1, -0.05) is 42.1 Å². The van der Waals surface area contributed by atoms with Crippen molar-refractivity contribution in [3.8, 4) is 5.75 Å². The first kappa shape index (κ1) is 19.9. The summed E-state index contributed by atoms with van der Waals surface area (Å²) in [6, 6.07) is 8.02. The van der Waals surface area contributed by atoms with Crippen molar-refractivity contribution in [1.29, 1.82) is 0 Å². The number of rotatable bonds is 9. The van der Waals surface area contributed by atoms with E-state index in [1.165, 1.54) is 0 Å². The summed E-state index contributed by atoms with van der Waals surface area (Å²) in [5.74, 6) is 1.88. The summed E-state index contributed by atoms with van der Waals surface area (Å²) in [6.07, 6.45) is 8.82. The molecule has 0 N–H and O–H groups in total. The second kappa shape index (κ2) is 9.92. The molecule has 1 aromatic heterocycles. The van der Waals surface area contributed by atoms with Crippen molar-refractivity contribution in [1.82, 2.24) is 19.7 Å². The molecule has 7 heteroatoms. The number of benzene rings is 1. The number of thioether (sulfide) groups is 1. The maximum atomic E-state index is 5.80. The second-order valence-electron chi connectivity index (χ2n) is 6.69. The third-order valence-corrected chi connectivity index (χ3v) is 5.32. The predicted molar refractivity (Wildman–Crippen MR) is 109 cm³/mol. The average Bonchev–Trinajstić information content (AvgIpc) is 3.33. The summed E-state index contributed by atoms with van der Waals surface area (Å²) < 4.78 is 13.4. The minimum Gasteiger partial charge on any atom is -0.496 e. The smallest absolute Gasteiger partial charge is 0.191 e. The first-order valence-corrected chi connectivity index (χ1v) is 10.5. The molecule has 0 saturated carbocycles. The molecule has 0 aliphatic carbocycles. The number of hydrogen-bond acceptors (Lipinski definition) is 6. The lowest BCUT2D eigenvalue weighted by molar-refractivity contribution is 0.0936. The van der Waals surface area contributed by atoms with Crippen molar-refractivity contribution in [2.24, 2.45) is 0 Å². The Balaban J connectivity index is 1.61. The molecule has 1 atom stereocenters. The number of methoxy groups -OCH3 is 1. The fourth-order valence-electron chi connectivity index (χ4n) is 3.23. The van der Waals surface area contributed by atoms with E-state index in [-0.39, 0.29) is 6.10 Å². The number of aromatic nitrogens is 3. The van der Waals surface area contributed by atoms with Gasteiger partial charge in [0.25, 0.3) is 0 Å². The van der Waals surface area contributed by atoms with Gasteiger partial charge < -0.3 is 14.0 Å². The Morgan fingerprint density at radius 2 is 2.22 bits per heavy atom. The summed E-state index contributed by atoms with van der Waals surface area (Å²) in [5, 5.41) is 9.71. The van der Waals surface area contributed by atoms with E-state index in [1.54, 1.807) is 18.9 Å². The fourth-order valence-corrected chi connectivity index (χ4v) is 3.75. The molecule has 0 radical (unpaired) electrons. The second-order valence-corrected chi connectivity index (χ2v) is 7.46. The molecule has 1 aliphatic rings. The topological polar surface area (TPSA) is 52.4 Å². The molecule has 0 bridgehead atoms. The molecule has 0 spiro atoms. The molecule has 1 aromatic carbocycles. The summed E-state index contributed by atoms with van der Waals surface area (Å²) in [7, 11) is 3.79. The van der Waals surface area contributed by atoms with E-state index in [0.717, 1.165) is 61.4 Å². The lowest BCUT2D eigenvalue weighted by atomic mass is 10.2. The van der Waals surface area contributed by atoms with Gasteiger partial charge in [-0.3, -0.25) is 4.90 Å². The third kappa shape index (κ3) is 5.34. The van der Waals surface area contributed by atoms with E-state index in [4.69, 9.17) is 9.47 Å². The summed E-state index contributed by atoms with van der Waals surface area (Å²) >= 11 is 1.63. The standard InChI is InChI=1S/C20H28N4O2S/c1-23(12-6-9-16-8-4-5-11-18(16)25-2)15-19-21-22-20(27-3)24(19)14-17-10-7-13-26-17/h4-6,8-9,11,17H,7,10,12-15H2,1-3H3. The highest BCUT2D eigenvalue weighted by Crippen LogP contribution is 2.21. The average molecular weight is 389 g/mol. The van der Waals surface area contributed by atoms with Crippen LogP contribution in [-0.4, -0.2) is 59.3 Å². The number of nitrogens with zero attached hydrogens (tertiary/aromatic N) is 4. The van der Waals surface area contributed by atoms with Crippen molar-refractivity contribution >= 4 is 17.8 Å². The van der Waals surface area contributed by atoms with Gasteiger partial charge in [-0.2, -0.15) is 0 Å². The molecular weight excluding hydrogens is 360 g/mol. The Morgan fingerprint density at radius 1 is 1.37 bits per heavy atom. The van der Waals surface area contributed by atoms with Crippen LogP contribution < -0.4 is 4.74 Å². The van der Waals surface area contributed by atoms with Crippen molar-refractivity contribution < 1.29 is 9.47 Å². The molecule has 2 aromatic rings. The number of hydrogen-bond donors (Lipinski definition) is 0. The van der Waals surface area contributed by atoms with Crippen molar-refractivity contribution in [3.63, 3.8) is 0 Å². The molecule has 1 unspecified atom stereocenters. The fraction of sp³-hybridized carbons (Fsp3) is 0.500. The minimum absolute atomic E-state index is 0.279. The number of likely N-dealkylation sites (N-methyl/N-ethyl adjacent to an activating group) is 1. The first-order chi connectivity index (χ1) is 13.2. The Bertz CT molecular complexity index is 756. The van der Waals surface area contributed by atoms with Crippen LogP contribution in [-0.2, 0) is 17.8 Å². The zero-order chi connectivity index (χ0) is 19.1. The van der Waals surface area contributed by atoms with Gasteiger partial charge in [-0.05, 0) is 32.2 Å². The molecule has 3 rings (SSSR count). The van der Waals surface area contributed by atoms with Gasteiger partial charge in [0.1, 0.15) is 11.6 Å². The SMILES string of the molecule is COc1ccccc1C=CCN(C)Cc1nnc(SC)n1CC1CCCO1. The maximum absolute atomic E-state index is 5.80. The van der Waals surface area contributed by atoms with Gasteiger partial charge in [-0.25, -0.2) is 0 Å². The Hall–Kier alpha value is -1.83. The highest BCUT2D eigenvalue weighted by Gasteiger charge is 2.20. The Kier molecular flexibility index (Phi) is 7.32. The van der Waals surface area contributed by atoms with Crippen LogP contribution in [0.1, 0.15) is 24.2 Å². The predicted octanol–water partition coefficient (Wildman–Crippen LogP) is 3.33. The largest absolute Gasteiger partial charge is 0.496 e. The normalized spacial score (nSPS) is 17.3. The first-order valence-electron chi connectivity index (χ1n) is 9.27. The zero-order valence-electron chi connectivity index (χ0n) is 16.3. The lowest BCUT2D eigenvalue weighted by Crippen LogP contribution is -2.23. The Morgan fingerprint density at radius 3 is 2.96 bits per heavy atom. The monoisotopic (exact) mass is 388 g/mol. The van der Waals surface area contributed by atoms with E-state index < -0.39 is 0 Å². The van der Waals surface area contributed by atoms with E-state index >= 15 is 0 Å².